The summed E-state index contributed by atoms with van der Waals surface area (Å²) < 4.78 is 0. The smallest absolute Gasteiger partial charge is 0.220 e. The van der Waals surface area contributed by atoms with E-state index in [4.69, 9.17) is 0 Å². The fourth-order valence-corrected chi connectivity index (χ4v) is 9.28. The number of aliphatic hydroxyl groups is 1. The molecule has 4 aliphatic rings. The summed E-state index contributed by atoms with van der Waals surface area (Å²) >= 11 is 0. The Labute approximate surface area is 197 Å². The van der Waals surface area contributed by atoms with Gasteiger partial charge in [-0.1, -0.05) is 20.8 Å². The molecular formula is C28H50N2O2. The van der Waals surface area contributed by atoms with Gasteiger partial charge in [-0.15, -0.1) is 0 Å². The van der Waals surface area contributed by atoms with Crippen molar-refractivity contribution in [3.8, 4) is 0 Å². The van der Waals surface area contributed by atoms with E-state index in [2.05, 4.69) is 31.0 Å². The van der Waals surface area contributed by atoms with Crippen molar-refractivity contribution in [2.24, 2.45) is 46.3 Å². The van der Waals surface area contributed by atoms with Gasteiger partial charge in [-0.25, -0.2) is 0 Å². The first-order chi connectivity index (χ1) is 15.1. The van der Waals surface area contributed by atoms with Gasteiger partial charge < -0.3 is 15.3 Å². The molecule has 0 heterocycles. The van der Waals surface area contributed by atoms with Crippen LogP contribution in [0.25, 0.3) is 0 Å². The zero-order chi connectivity index (χ0) is 23.1. The highest BCUT2D eigenvalue weighted by atomic mass is 16.3. The van der Waals surface area contributed by atoms with Crippen LogP contribution in [0.5, 0.6) is 0 Å². The maximum Gasteiger partial charge on any atom is 0.220 e. The van der Waals surface area contributed by atoms with Crippen molar-refractivity contribution >= 4 is 5.91 Å². The lowest BCUT2D eigenvalue weighted by molar-refractivity contribution is -0.129. The minimum atomic E-state index is -0.0460. The molecule has 184 valence electrons. The lowest BCUT2D eigenvalue weighted by atomic mass is 9.44. The third-order valence-electron chi connectivity index (χ3n) is 11.1. The van der Waals surface area contributed by atoms with Crippen molar-refractivity contribution < 1.29 is 9.90 Å². The molecule has 0 aromatic carbocycles. The molecule has 0 saturated heterocycles. The number of aliphatic hydroxyl groups excluding tert-OH is 1. The third kappa shape index (κ3) is 4.52. The Kier molecular flexibility index (Phi) is 7.33. The van der Waals surface area contributed by atoms with Gasteiger partial charge in [0, 0.05) is 19.5 Å². The number of hydrogen-bond donors (Lipinski definition) is 2. The van der Waals surface area contributed by atoms with Crippen molar-refractivity contribution in [1.29, 1.82) is 0 Å². The highest BCUT2D eigenvalue weighted by Crippen LogP contribution is 2.68. The molecule has 4 nitrogen and oxygen atoms in total. The summed E-state index contributed by atoms with van der Waals surface area (Å²) in [6, 6.07) is 0. The normalized spacial score (nSPS) is 44.5. The van der Waals surface area contributed by atoms with Crippen LogP contribution in [0, 0.1) is 46.3 Å². The Bertz CT molecular complexity index is 666. The van der Waals surface area contributed by atoms with E-state index in [0.717, 1.165) is 61.9 Å². The molecular weight excluding hydrogens is 396 g/mol. The maximum atomic E-state index is 12.3. The minimum Gasteiger partial charge on any atom is -0.393 e. The number of carbonyl (C=O) groups excluding carboxylic acids is 1. The molecule has 0 aliphatic heterocycles. The number of rotatable bonds is 7. The van der Waals surface area contributed by atoms with Gasteiger partial charge >= 0.3 is 0 Å². The number of amides is 1. The molecule has 4 fully saturated rings. The Hall–Kier alpha value is -0.610. The van der Waals surface area contributed by atoms with Crippen LogP contribution in [-0.2, 0) is 4.79 Å². The molecule has 3 unspecified atom stereocenters. The van der Waals surface area contributed by atoms with E-state index in [1.807, 2.05) is 14.1 Å². The Morgan fingerprint density at radius 2 is 1.75 bits per heavy atom. The molecule has 1 amide bonds. The quantitative estimate of drug-likeness (QED) is 0.572. The molecule has 9 atom stereocenters. The standard InChI is InChI=1S/C28H50N2O2/c1-19(6-11-26(32)29-16-17-30(4)5)23-9-10-24-22-8-7-20-18-21(31)12-14-27(20,2)25(22)13-15-28(23,24)3/h19-25,31H,6-18H2,1-5H3,(H,29,32)/t19?,20-,21-,22?,23?,24+,25+,27+,28-/m1/s1. The van der Waals surface area contributed by atoms with E-state index in [0.29, 0.717) is 23.2 Å². The fourth-order valence-electron chi connectivity index (χ4n) is 9.28. The largest absolute Gasteiger partial charge is 0.393 e. The molecule has 0 aromatic rings. The van der Waals surface area contributed by atoms with E-state index in [9.17, 15) is 9.90 Å². The molecule has 32 heavy (non-hydrogen) atoms. The number of carbonyl (C=O) groups is 1. The molecule has 0 bridgehead atoms. The highest BCUT2D eigenvalue weighted by Gasteiger charge is 2.60. The molecule has 0 radical (unpaired) electrons. The molecule has 4 saturated carbocycles. The summed E-state index contributed by atoms with van der Waals surface area (Å²) in [6.07, 6.45) is 13.3. The predicted octanol–water partition coefficient (Wildman–Crippen LogP) is 5.10. The molecule has 4 aliphatic carbocycles. The summed E-state index contributed by atoms with van der Waals surface area (Å²) in [5.74, 6) is 5.05. The summed E-state index contributed by atoms with van der Waals surface area (Å²) in [4.78, 5) is 14.5. The number of likely N-dealkylation sites (N-methyl/N-ethyl adjacent to an activating group) is 1. The van der Waals surface area contributed by atoms with E-state index < -0.39 is 0 Å². The molecule has 2 N–H and O–H groups in total. The van der Waals surface area contributed by atoms with Crippen molar-refractivity contribution in [2.45, 2.75) is 97.5 Å². The lowest BCUT2D eigenvalue weighted by Gasteiger charge is -2.61. The van der Waals surface area contributed by atoms with Crippen LogP contribution in [0.4, 0.5) is 0 Å². The van der Waals surface area contributed by atoms with Crippen LogP contribution >= 0.6 is 0 Å². The number of hydrogen-bond acceptors (Lipinski definition) is 3. The van der Waals surface area contributed by atoms with Crippen molar-refractivity contribution in [3.05, 3.63) is 0 Å². The zero-order valence-electron chi connectivity index (χ0n) is 21.5. The summed E-state index contributed by atoms with van der Waals surface area (Å²) in [6.45, 7) is 9.30. The average molecular weight is 447 g/mol. The van der Waals surface area contributed by atoms with Gasteiger partial charge in [0.25, 0.3) is 0 Å². The number of nitrogens with zero attached hydrogens (tertiary/aromatic N) is 1. The van der Waals surface area contributed by atoms with Crippen LogP contribution in [0.2, 0.25) is 0 Å². The zero-order valence-corrected chi connectivity index (χ0v) is 21.5. The van der Waals surface area contributed by atoms with Gasteiger partial charge in [-0.2, -0.15) is 0 Å². The van der Waals surface area contributed by atoms with Gasteiger partial charge in [0.1, 0.15) is 0 Å². The topological polar surface area (TPSA) is 52.6 Å². The minimum absolute atomic E-state index is 0.0460. The van der Waals surface area contributed by atoms with Gasteiger partial charge in [0.2, 0.25) is 5.91 Å². The first kappa shape index (κ1) is 24.5. The lowest BCUT2D eigenvalue weighted by Crippen LogP contribution is -2.54. The SMILES string of the molecule is CC(CCC(=O)NCCN(C)C)C1CC[C@H]2C3CC[C@@H]4C[C@H](O)CC[C@]4(C)[C@H]3CC[C@]12C. The molecule has 4 rings (SSSR count). The predicted molar refractivity (Wildman–Crippen MR) is 131 cm³/mol. The Morgan fingerprint density at radius 1 is 1.03 bits per heavy atom. The van der Waals surface area contributed by atoms with Crippen molar-refractivity contribution in [2.75, 3.05) is 27.2 Å². The summed E-state index contributed by atoms with van der Waals surface area (Å²) in [7, 11) is 4.09. The van der Waals surface area contributed by atoms with Crippen molar-refractivity contribution in [1.82, 2.24) is 10.2 Å². The number of nitrogens with one attached hydrogen (secondary N) is 1. The summed E-state index contributed by atoms with van der Waals surface area (Å²) in [5, 5.41) is 13.4. The van der Waals surface area contributed by atoms with E-state index in [-0.39, 0.29) is 12.0 Å². The van der Waals surface area contributed by atoms with Crippen LogP contribution in [0.15, 0.2) is 0 Å². The summed E-state index contributed by atoms with van der Waals surface area (Å²) in [5.41, 5.74) is 0.942. The second-order valence-electron chi connectivity index (χ2n) is 13.0. The van der Waals surface area contributed by atoms with E-state index in [1.54, 1.807) is 0 Å². The van der Waals surface area contributed by atoms with E-state index >= 15 is 0 Å². The molecule has 0 aromatic heterocycles. The van der Waals surface area contributed by atoms with Crippen LogP contribution in [0.3, 0.4) is 0 Å². The molecule has 0 spiro atoms. The van der Waals surface area contributed by atoms with Crippen LogP contribution in [0.1, 0.15) is 91.4 Å². The first-order valence-electron chi connectivity index (χ1n) is 13.7. The van der Waals surface area contributed by atoms with Crippen LogP contribution in [-0.4, -0.2) is 49.2 Å². The van der Waals surface area contributed by atoms with E-state index in [1.165, 1.54) is 44.9 Å². The monoisotopic (exact) mass is 446 g/mol. The number of fused-ring (bicyclic) bond motifs is 5. The van der Waals surface area contributed by atoms with Gasteiger partial charge in [0.05, 0.1) is 6.10 Å². The van der Waals surface area contributed by atoms with Gasteiger partial charge in [-0.05, 0) is 125 Å². The van der Waals surface area contributed by atoms with Crippen molar-refractivity contribution in [3.63, 3.8) is 0 Å². The Morgan fingerprint density at radius 3 is 2.50 bits per heavy atom. The second kappa shape index (κ2) is 9.56. The highest BCUT2D eigenvalue weighted by molar-refractivity contribution is 5.75. The van der Waals surface area contributed by atoms with Crippen LogP contribution < -0.4 is 5.32 Å². The first-order valence-corrected chi connectivity index (χ1v) is 13.7. The van der Waals surface area contributed by atoms with Gasteiger partial charge in [0.15, 0.2) is 0 Å². The molecule has 4 heteroatoms. The fraction of sp³-hybridized carbons (Fsp3) is 0.964. The van der Waals surface area contributed by atoms with Gasteiger partial charge in [-0.3, -0.25) is 4.79 Å². The average Bonchev–Trinajstić information content (AvgIpc) is 3.09. The Balaban J connectivity index is 1.36. The second-order valence-corrected chi connectivity index (χ2v) is 13.0. The third-order valence-corrected chi connectivity index (χ3v) is 11.1. The maximum absolute atomic E-state index is 12.3.